The largest absolute Gasteiger partial charge is 0.477 e. The Morgan fingerprint density at radius 1 is 1.26 bits per heavy atom. The average Bonchev–Trinajstić information content (AvgIpc) is 2.24. The summed E-state index contributed by atoms with van der Waals surface area (Å²) < 4.78 is 40.9. The van der Waals surface area contributed by atoms with E-state index in [1.807, 2.05) is 20.8 Å². The second-order valence-corrected chi connectivity index (χ2v) is 5.32. The fraction of sp³-hybridized carbons (Fsp3) is 0.615. The molecule has 0 saturated heterocycles. The van der Waals surface area contributed by atoms with Gasteiger partial charge in [-0.2, -0.15) is 13.2 Å². The van der Waals surface area contributed by atoms with Gasteiger partial charge in [0.2, 0.25) is 5.88 Å². The molecule has 0 unspecified atom stereocenters. The van der Waals surface area contributed by atoms with E-state index in [4.69, 9.17) is 4.74 Å². The predicted octanol–water partition coefficient (Wildman–Crippen LogP) is 3.30. The molecule has 1 heterocycles. The normalized spacial score (nSPS) is 12.5. The van der Waals surface area contributed by atoms with E-state index in [9.17, 15) is 13.2 Å². The number of aromatic nitrogens is 1. The zero-order valence-electron chi connectivity index (χ0n) is 11.3. The minimum absolute atomic E-state index is 0.0272. The maximum absolute atomic E-state index is 12.0. The van der Waals surface area contributed by atoms with Crippen molar-refractivity contribution in [1.29, 1.82) is 0 Å². The van der Waals surface area contributed by atoms with E-state index in [-0.39, 0.29) is 11.4 Å². The van der Waals surface area contributed by atoms with Gasteiger partial charge in [-0.1, -0.05) is 0 Å². The van der Waals surface area contributed by atoms with Crippen molar-refractivity contribution in [2.45, 2.75) is 45.5 Å². The molecule has 0 amide bonds. The van der Waals surface area contributed by atoms with Crippen molar-refractivity contribution in [2.75, 3.05) is 6.61 Å². The first-order valence-electron chi connectivity index (χ1n) is 6.05. The second-order valence-electron chi connectivity index (χ2n) is 5.32. The minimum atomic E-state index is -4.20. The Morgan fingerprint density at radius 2 is 1.95 bits per heavy atom. The summed E-state index contributed by atoms with van der Waals surface area (Å²) in [7, 11) is 0. The topological polar surface area (TPSA) is 34.2 Å². The third kappa shape index (κ3) is 7.66. The summed E-state index contributed by atoms with van der Waals surface area (Å²) in [4.78, 5) is 3.89. The molecule has 19 heavy (non-hydrogen) atoms. The molecule has 1 rings (SSSR count). The number of pyridine rings is 1. The second kappa shape index (κ2) is 6.23. The number of nitrogens with one attached hydrogen (secondary N) is 1. The molecular weight excluding hydrogens is 257 g/mol. The lowest BCUT2D eigenvalue weighted by Gasteiger charge is -2.20. The lowest BCUT2D eigenvalue weighted by Crippen LogP contribution is -2.35. The Bertz CT molecular complexity index is 400. The van der Waals surface area contributed by atoms with Crippen molar-refractivity contribution in [3.05, 3.63) is 23.9 Å². The number of nitrogens with zero attached hydrogens (tertiary/aromatic N) is 1. The van der Waals surface area contributed by atoms with E-state index in [0.29, 0.717) is 6.54 Å². The van der Waals surface area contributed by atoms with Gasteiger partial charge in [-0.15, -0.1) is 0 Å². The lowest BCUT2D eigenvalue weighted by atomic mass is 10.1. The first-order valence-corrected chi connectivity index (χ1v) is 6.05. The Balaban J connectivity index is 2.48. The highest BCUT2D eigenvalue weighted by Gasteiger charge is 2.26. The number of alkyl halides is 3. The number of rotatable bonds is 5. The SMILES string of the molecule is CC(C)(C)NCc1ccnc(OCCC(F)(F)F)c1. The molecular formula is C13H19F3N2O. The van der Waals surface area contributed by atoms with Crippen molar-refractivity contribution < 1.29 is 17.9 Å². The van der Waals surface area contributed by atoms with Crippen LogP contribution in [0.5, 0.6) is 5.88 Å². The van der Waals surface area contributed by atoms with Crippen molar-refractivity contribution in [3.8, 4) is 5.88 Å². The zero-order valence-corrected chi connectivity index (χ0v) is 11.3. The third-order valence-electron chi connectivity index (χ3n) is 2.26. The van der Waals surface area contributed by atoms with E-state index in [1.54, 1.807) is 12.1 Å². The average molecular weight is 276 g/mol. The summed E-state index contributed by atoms with van der Waals surface area (Å²) in [5, 5.41) is 3.28. The van der Waals surface area contributed by atoms with Crippen LogP contribution in [0.25, 0.3) is 0 Å². The molecule has 0 aliphatic carbocycles. The molecule has 6 heteroatoms. The van der Waals surface area contributed by atoms with Gasteiger partial charge in [-0.05, 0) is 32.4 Å². The number of ether oxygens (including phenoxy) is 1. The van der Waals surface area contributed by atoms with Crippen molar-refractivity contribution >= 4 is 0 Å². The van der Waals surface area contributed by atoms with E-state index in [2.05, 4.69) is 10.3 Å². The number of halogens is 3. The third-order valence-corrected chi connectivity index (χ3v) is 2.26. The van der Waals surface area contributed by atoms with Gasteiger partial charge in [0.25, 0.3) is 0 Å². The Hall–Kier alpha value is -1.30. The highest BCUT2D eigenvalue weighted by atomic mass is 19.4. The molecule has 0 fully saturated rings. The Labute approximate surface area is 111 Å². The van der Waals surface area contributed by atoms with E-state index in [1.165, 1.54) is 6.20 Å². The highest BCUT2D eigenvalue weighted by Crippen LogP contribution is 2.20. The highest BCUT2D eigenvalue weighted by molar-refractivity contribution is 5.20. The molecule has 1 aromatic rings. The maximum Gasteiger partial charge on any atom is 0.392 e. The van der Waals surface area contributed by atoms with Gasteiger partial charge in [-0.3, -0.25) is 0 Å². The summed E-state index contributed by atoms with van der Waals surface area (Å²) in [6, 6.07) is 3.45. The molecule has 0 spiro atoms. The van der Waals surface area contributed by atoms with Crippen LogP contribution in [0.15, 0.2) is 18.3 Å². The van der Waals surface area contributed by atoms with E-state index >= 15 is 0 Å². The Morgan fingerprint density at radius 3 is 2.53 bits per heavy atom. The fourth-order valence-corrected chi connectivity index (χ4v) is 1.28. The van der Waals surface area contributed by atoms with Gasteiger partial charge in [0.1, 0.15) is 0 Å². The van der Waals surface area contributed by atoms with Crippen LogP contribution in [0.4, 0.5) is 13.2 Å². The molecule has 0 aromatic carbocycles. The van der Waals surface area contributed by atoms with Crippen LogP contribution < -0.4 is 10.1 Å². The van der Waals surface area contributed by atoms with Gasteiger partial charge < -0.3 is 10.1 Å². The first kappa shape index (κ1) is 15.8. The quantitative estimate of drug-likeness (QED) is 0.896. The number of hydrogen-bond acceptors (Lipinski definition) is 3. The van der Waals surface area contributed by atoms with Gasteiger partial charge >= 0.3 is 6.18 Å². The molecule has 0 saturated carbocycles. The fourth-order valence-electron chi connectivity index (χ4n) is 1.28. The van der Waals surface area contributed by atoms with Crippen LogP contribution in [0, 0.1) is 0 Å². The molecule has 0 radical (unpaired) electrons. The first-order chi connectivity index (χ1) is 8.66. The standard InChI is InChI=1S/C13H19F3N2O/c1-12(2,3)18-9-10-4-6-17-11(8-10)19-7-5-13(14,15)16/h4,6,8,18H,5,7,9H2,1-3H3. The van der Waals surface area contributed by atoms with Crippen LogP contribution in [-0.2, 0) is 6.54 Å². The molecule has 1 N–H and O–H groups in total. The van der Waals surface area contributed by atoms with Gasteiger partial charge in [0.15, 0.2) is 0 Å². The van der Waals surface area contributed by atoms with Crippen molar-refractivity contribution in [1.82, 2.24) is 10.3 Å². The predicted molar refractivity (Wildman–Crippen MR) is 67.0 cm³/mol. The summed E-state index contributed by atoms with van der Waals surface area (Å²) in [6.07, 6.45) is -3.65. The molecule has 1 aromatic heterocycles. The van der Waals surface area contributed by atoms with Crippen LogP contribution in [0.2, 0.25) is 0 Å². The molecule has 0 aliphatic rings. The summed E-state index contributed by atoms with van der Waals surface area (Å²) in [5.41, 5.74) is 0.896. The van der Waals surface area contributed by atoms with Gasteiger partial charge in [-0.25, -0.2) is 4.98 Å². The van der Waals surface area contributed by atoms with Crippen LogP contribution >= 0.6 is 0 Å². The van der Waals surface area contributed by atoms with Crippen molar-refractivity contribution in [2.24, 2.45) is 0 Å². The minimum Gasteiger partial charge on any atom is -0.477 e. The van der Waals surface area contributed by atoms with Crippen molar-refractivity contribution in [3.63, 3.8) is 0 Å². The monoisotopic (exact) mass is 276 g/mol. The summed E-state index contributed by atoms with van der Waals surface area (Å²) in [5.74, 6) is 0.220. The van der Waals surface area contributed by atoms with E-state index in [0.717, 1.165) is 5.56 Å². The smallest absolute Gasteiger partial charge is 0.392 e. The molecule has 0 atom stereocenters. The van der Waals surface area contributed by atoms with Gasteiger partial charge in [0.05, 0.1) is 13.0 Å². The zero-order chi connectivity index (χ0) is 14.5. The summed E-state index contributed by atoms with van der Waals surface area (Å²) >= 11 is 0. The van der Waals surface area contributed by atoms with E-state index < -0.39 is 19.2 Å². The van der Waals surface area contributed by atoms with Crippen LogP contribution in [0.1, 0.15) is 32.8 Å². The number of hydrogen-bond donors (Lipinski definition) is 1. The summed E-state index contributed by atoms with van der Waals surface area (Å²) in [6.45, 7) is 6.31. The molecule has 0 aliphatic heterocycles. The van der Waals surface area contributed by atoms with Gasteiger partial charge in [0, 0.05) is 24.3 Å². The molecule has 0 bridgehead atoms. The maximum atomic E-state index is 12.0. The van der Waals surface area contributed by atoms with Crippen LogP contribution in [-0.4, -0.2) is 23.3 Å². The lowest BCUT2D eigenvalue weighted by molar-refractivity contribution is -0.139. The Kier molecular flexibility index (Phi) is 5.17. The molecule has 108 valence electrons. The molecule has 3 nitrogen and oxygen atoms in total. The van der Waals surface area contributed by atoms with Crippen LogP contribution in [0.3, 0.4) is 0 Å².